The Kier molecular flexibility index (Phi) is 5.96. The van der Waals surface area contributed by atoms with Gasteiger partial charge in [0.2, 0.25) is 5.75 Å². The predicted octanol–water partition coefficient (Wildman–Crippen LogP) is 2.04. The number of hydrogen-bond donors (Lipinski definition) is 0. The molecular formula is C14H20O6. The highest BCUT2D eigenvalue weighted by atomic mass is 16.6. The fourth-order valence-electron chi connectivity index (χ4n) is 1.58. The van der Waals surface area contributed by atoms with E-state index in [2.05, 4.69) is 0 Å². The molecular weight excluding hydrogens is 264 g/mol. The third kappa shape index (κ3) is 4.22. The summed E-state index contributed by atoms with van der Waals surface area (Å²) in [6.45, 7) is 3.37. The average molecular weight is 284 g/mol. The zero-order valence-corrected chi connectivity index (χ0v) is 12.4. The van der Waals surface area contributed by atoms with E-state index in [1.165, 1.54) is 21.3 Å². The maximum absolute atomic E-state index is 11.4. The lowest BCUT2D eigenvalue weighted by molar-refractivity contribution is -0.149. The molecule has 0 fully saturated rings. The number of methoxy groups -OCH3 is 3. The molecule has 1 aromatic rings. The van der Waals surface area contributed by atoms with Gasteiger partial charge in [-0.1, -0.05) is 0 Å². The van der Waals surface area contributed by atoms with Crippen LogP contribution in [0.5, 0.6) is 23.0 Å². The smallest absolute Gasteiger partial charge is 0.344 e. The number of carbonyl (C=O) groups excluding carboxylic acids is 1. The van der Waals surface area contributed by atoms with Crippen LogP contribution in [0, 0.1) is 0 Å². The molecule has 0 saturated carbocycles. The van der Waals surface area contributed by atoms with Crippen molar-refractivity contribution in [1.82, 2.24) is 0 Å². The van der Waals surface area contributed by atoms with E-state index in [4.69, 9.17) is 23.7 Å². The third-order valence-corrected chi connectivity index (χ3v) is 2.36. The lowest BCUT2D eigenvalue weighted by atomic mass is 10.2. The highest BCUT2D eigenvalue weighted by molar-refractivity contribution is 5.71. The van der Waals surface area contributed by atoms with Crippen LogP contribution in [0.4, 0.5) is 0 Å². The minimum Gasteiger partial charge on any atom is -0.493 e. The van der Waals surface area contributed by atoms with Gasteiger partial charge in [-0.15, -0.1) is 0 Å². The van der Waals surface area contributed by atoms with E-state index < -0.39 is 5.97 Å². The Labute approximate surface area is 118 Å². The Morgan fingerprint density at radius 1 is 1.05 bits per heavy atom. The molecule has 6 nitrogen and oxygen atoms in total. The van der Waals surface area contributed by atoms with Gasteiger partial charge in [-0.3, -0.25) is 0 Å². The number of rotatable bonds is 7. The first-order valence-corrected chi connectivity index (χ1v) is 6.14. The highest BCUT2D eigenvalue weighted by Crippen LogP contribution is 2.40. The molecule has 1 aromatic carbocycles. The third-order valence-electron chi connectivity index (χ3n) is 2.36. The molecule has 0 N–H and O–H groups in total. The first-order valence-electron chi connectivity index (χ1n) is 6.14. The molecule has 0 atom stereocenters. The summed E-state index contributed by atoms with van der Waals surface area (Å²) in [5.41, 5.74) is 0. The first kappa shape index (κ1) is 15.9. The summed E-state index contributed by atoms with van der Waals surface area (Å²) in [4.78, 5) is 11.4. The number of hydrogen-bond acceptors (Lipinski definition) is 6. The van der Waals surface area contributed by atoms with Crippen LogP contribution in [0.25, 0.3) is 0 Å². The Bertz CT molecular complexity index is 430. The van der Waals surface area contributed by atoms with E-state index >= 15 is 0 Å². The van der Waals surface area contributed by atoms with Gasteiger partial charge in [0.05, 0.1) is 27.4 Å². The number of carbonyl (C=O) groups is 1. The van der Waals surface area contributed by atoms with Crippen molar-refractivity contribution in [3.63, 3.8) is 0 Å². The SMILES string of the molecule is COc1cc(OCC(=O)OC(C)C)cc(OC)c1OC. The second-order valence-electron chi connectivity index (χ2n) is 4.19. The highest BCUT2D eigenvalue weighted by Gasteiger charge is 2.15. The topological polar surface area (TPSA) is 63.2 Å². The van der Waals surface area contributed by atoms with Gasteiger partial charge < -0.3 is 23.7 Å². The molecule has 0 aliphatic carbocycles. The molecule has 6 heteroatoms. The van der Waals surface area contributed by atoms with Crippen molar-refractivity contribution in [3.05, 3.63) is 12.1 Å². The quantitative estimate of drug-likeness (QED) is 0.714. The molecule has 0 aliphatic heterocycles. The molecule has 0 amide bonds. The second-order valence-corrected chi connectivity index (χ2v) is 4.19. The zero-order chi connectivity index (χ0) is 15.1. The summed E-state index contributed by atoms with van der Waals surface area (Å²) in [5.74, 6) is 1.37. The molecule has 1 rings (SSSR count). The van der Waals surface area contributed by atoms with Gasteiger partial charge in [0.1, 0.15) is 5.75 Å². The molecule has 0 unspecified atom stereocenters. The molecule has 0 radical (unpaired) electrons. The van der Waals surface area contributed by atoms with E-state index in [1.54, 1.807) is 26.0 Å². The Morgan fingerprint density at radius 3 is 2.00 bits per heavy atom. The van der Waals surface area contributed by atoms with Crippen LogP contribution in [0.15, 0.2) is 12.1 Å². The van der Waals surface area contributed by atoms with E-state index in [1.807, 2.05) is 0 Å². The maximum Gasteiger partial charge on any atom is 0.344 e. The summed E-state index contributed by atoms with van der Waals surface area (Å²) in [6, 6.07) is 3.23. The van der Waals surface area contributed by atoms with Crippen molar-refractivity contribution in [3.8, 4) is 23.0 Å². The van der Waals surface area contributed by atoms with Crippen LogP contribution < -0.4 is 18.9 Å². The standard InChI is InChI=1S/C14H20O6/c1-9(2)20-13(15)8-19-10-6-11(16-3)14(18-5)12(7-10)17-4/h6-7,9H,8H2,1-5H3. The molecule has 0 aliphatic rings. The van der Waals surface area contributed by atoms with Crippen molar-refractivity contribution in [1.29, 1.82) is 0 Å². The summed E-state index contributed by atoms with van der Waals surface area (Å²) in [5, 5.41) is 0. The minimum atomic E-state index is -0.436. The zero-order valence-electron chi connectivity index (χ0n) is 12.4. The Morgan fingerprint density at radius 2 is 1.60 bits per heavy atom. The van der Waals surface area contributed by atoms with Gasteiger partial charge in [-0.25, -0.2) is 4.79 Å². The van der Waals surface area contributed by atoms with Gasteiger partial charge in [-0.2, -0.15) is 0 Å². The van der Waals surface area contributed by atoms with Crippen molar-refractivity contribution in [2.75, 3.05) is 27.9 Å². The minimum absolute atomic E-state index is 0.175. The first-order chi connectivity index (χ1) is 9.51. The van der Waals surface area contributed by atoms with Crippen LogP contribution in [-0.4, -0.2) is 40.0 Å². The van der Waals surface area contributed by atoms with Gasteiger partial charge in [0, 0.05) is 12.1 Å². The van der Waals surface area contributed by atoms with Crippen LogP contribution >= 0.6 is 0 Å². The fraction of sp³-hybridized carbons (Fsp3) is 0.500. The number of benzene rings is 1. The van der Waals surface area contributed by atoms with Crippen LogP contribution in [0.2, 0.25) is 0 Å². The monoisotopic (exact) mass is 284 g/mol. The summed E-state index contributed by atoms with van der Waals surface area (Å²) >= 11 is 0. The fourth-order valence-corrected chi connectivity index (χ4v) is 1.58. The molecule has 112 valence electrons. The lowest BCUT2D eigenvalue weighted by Crippen LogP contribution is -2.18. The second kappa shape index (κ2) is 7.47. The van der Waals surface area contributed by atoms with E-state index in [0.717, 1.165) is 0 Å². The Balaban J connectivity index is 2.83. The van der Waals surface area contributed by atoms with Gasteiger partial charge in [0.15, 0.2) is 18.1 Å². The molecule has 0 saturated heterocycles. The largest absolute Gasteiger partial charge is 0.493 e. The molecule has 0 spiro atoms. The van der Waals surface area contributed by atoms with E-state index in [0.29, 0.717) is 23.0 Å². The maximum atomic E-state index is 11.4. The molecule has 0 bridgehead atoms. The number of ether oxygens (including phenoxy) is 5. The van der Waals surface area contributed by atoms with Crippen molar-refractivity contribution < 1.29 is 28.5 Å². The van der Waals surface area contributed by atoms with Crippen LogP contribution in [0.1, 0.15) is 13.8 Å². The normalized spacial score (nSPS) is 10.1. The van der Waals surface area contributed by atoms with Gasteiger partial charge in [0.25, 0.3) is 0 Å². The summed E-state index contributed by atoms with van der Waals surface area (Å²) < 4.78 is 25.9. The van der Waals surface area contributed by atoms with E-state index in [-0.39, 0.29) is 12.7 Å². The molecule has 0 heterocycles. The lowest BCUT2D eigenvalue weighted by Gasteiger charge is -2.14. The van der Waals surface area contributed by atoms with E-state index in [9.17, 15) is 4.79 Å². The van der Waals surface area contributed by atoms with Gasteiger partial charge in [-0.05, 0) is 13.8 Å². The van der Waals surface area contributed by atoms with Crippen molar-refractivity contribution >= 4 is 5.97 Å². The number of esters is 1. The summed E-state index contributed by atoms with van der Waals surface area (Å²) in [6.07, 6.45) is -0.175. The Hall–Kier alpha value is -2.11. The van der Waals surface area contributed by atoms with Crippen molar-refractivity contribution in [2.45, 2.75) is 20.0 Å². The van der Waals surface area contributed by atoms with Crippen LogP contribution in [0.3, 0.4) is 0 Å². The summed E-state index contributed by atoms with van der Waals surface area (Å²) in [7, 11) is 4.53. The van der Waals surface area contributed by atoms with Crippen LogP contribution in [-0.2, 0) is 9.53 Å². The van der Waals surface area contributed by atoms with Gasteiger partial charge >= 0.3 is 5.97 Å². The predicted molar refractivity (Wildman–Crippen MR) is 72.8 cm³/mol. The molecule has 20 heavy (non-hydrogen) atoms. The van der Waals surface area contributed by atoms with Crippen molar-refractivity contribution in [2.24, 2.45) is 0 Å². The molecule has 0 aromatic heterocycles. The average Bonchev–Trinajstić information content (AvgIpc) is 2.42.